The van der Waals surface area contributed by atoms with E-state index in [1.807, 2.05) is 13.8 Å². The highest BCUT2D eigenvalue weighted by atomic mass is 28.5. The van der Waals surface area contributed by atoms with Gasteiger partial charge in [-0.2, -0.15) is 0 Å². The van der Waals surface area contributed by atoms with Gasteiger partial charge in [0.05, 0.1) is 6.61 Å². The molecule has 0 aliphatic carbocycles. The van der Waals surface area contributed by atoms with E-state index in [1.165, 1.54) is 0 Å². The molecule has 0 aromatic rings. The summed E-state index contributed by atoms with van der Waals surface area (Å²) >= 11 is 0. The van der Waals surface area contributed by atoms with Crippen LogP contribution in [0.2, 0.25) is 25.7 Å². The van der Waals surface area contributed by atoms with Crippen LogP contribution in [0.5, 0.6) is 0 Å². The molecule has 0 saturated heterocycles. The number of ether oxygens (including phenoxy) is 1. The monoisotopic (exact) mass is 393 g/mol. The molecule has 0 heterocycles. The van der Waals surface area contributed by atoms with E-state index in [0.29, 0.717) is 32.2 Å². The van der Waals surface area contributed by atoms with E-state index in [4.69, 9.17) is 13.0 Å². The zero-order valence-corrected chi connectivity index (χ0v) is 18.1. The lowest BCUT2D eigenvalue weighted by molar-refractivity contribution is 0.113. The van der Waals surface area contributed by atoms with E-state index >= 15 is 0 Å². The van der Waals surface area contributed by atoms with Gasteiger partial charge in [-0.1, -0.05) is 10.2 Å². The molecule has 0 fully saturated rings. The van der Waals surface area contributed by atoms with Crippen LogP contribution in [0.25, 0.3) is 0 Å². The molecule has 1 N–H and O–H groups in total. The second-order valence-electron chi connectivity index (χ2n) is 6.00. The van der Waals surface area contributed by atoms with E-state index in [1.54, 1.807) is 6.92 Å². The Morgan fingerprint density at radius 3 is 2.04 bits per heavy atom. The third-order valence-corrected chi connectivity index (χ3v) is 8.73. The number of carbonyl (C=O) groups excluding carboxylic acids is 2. The summed E-state index contributed by atoms with van der Waals surface area (Å²) in [6.07, 6.45) is -0.280. The van der Waals surface area contributed by atoms with Gasteiger partial charge in [-0.3, -0.25) is 0 Å². The van der Waals surface area contributed by atoms with Crippen molar-refractivity contribution in [2.75, 3.05) is 26.4 Å². The molecule has 25 heavy (non-hydrogen) atoms. The first-order valence-electron chi connectivity index (χ1n) is 8.52. The SMILES string of the molecule is CCOC(=O)N=NC(=O)NCCC[Si](OCC)(OCC)O[Si](C)(C)C. The summed E-state index contributed by atoms with van der Waals surface area (Å²) in [5.41, 5.74) is 0. The lowest BCUT2D eigenvalue weighted by Crippen LogP contribution is -2.52. The lowest BCUT2D eigenvalue weighted by Gasteiger charge is -2.34. The molecule has 0 unspecified atom stereocenters. The van der Waals surface area contributed by atoms with Crippen molar-refractivity contribution in [1.29, 1.82) is 0 Å². The molecule has 0 aliphatic heterocycles. The van der Waals surface area contributed by atoms with Crippen molar-refractivity contribution in [3.8, 4) is 0 Å². The molecule has 0 spiro atoms. The Kier molecular flexibility index (Phi) is 11.7. The molecule has 3 amide bonds. The molecule has 0 aromatic carbocycles. The van der Waals surface area contributed by atoms with Crippen LogP contribution in [0.4, 0.5) is 9.59 Å². The van der Waals surface area contributed by atoms with Gasteiger partial charge in [-0.25, -0.2) is 9.59 Å². The minimum Gasteiger partial charge on any atom is -0.447 e. The fourth-order valence-electron chi connectivity index (χ4n) is 1.98. The van der Waals surface area contributed by atoms with Crippen molar-refractivity contribution in [2.24, 2.45) is 10.2 Å². The minimum absolute atomic E-state index is 0.179. The van der Waals surface area contributed by atoms with Gasteiger partial charge in [0.25, 0.3) is 0 Å². The van der Waals surface area contributed by atoms with Crippen LogP contribution in [0.15, 0.2) is 10.2 Å². The topological polar surface area (TPSA) is 108 Å². The Bertz CT molecular complexity index is 437. The van der Waals surface area contributed by atoms with Crippen molar-refractivity contribution in [1.82, 2.24) is 5.32 Å². The van der Waals surface area contributed by atoms with E-state index in [2.05, 4.69) is 39.9 Å². The van der Waals surface area contributed by atoms with Crippen molar-refractivity contribution < 1.29 is 27.3 Å². The number of nitrogens with one attached hydrogen (secondary N) is 1. The summed E-state index contributed by atoms with van der Waals surface area (Å²) in [4.78, 5) is 22.5. The first-order chi connectivity index (χ1) is 11.7. The zero-order valence-electron chi connectivity index (χ0n) is 16.1. The highest BCUT2D eigenvalue weighted by Crippen LogP contribution is 2.22. The Balaban J connectivity index is 4.50. The maximum absolute atomic E-state index is 11.5. The molecule has 0 atom stereocenters. The smallest absolute Gasteiger partial charge is 0.447 e. The third-order valence-electron chi connectivity index (χ3n) is 2.62. The van der Waals surface area contributed by atoms with Crippen LogP contribution < -0.4 is 5.32 Å². The molecule has 0 aromatic heterocycles. The number of azo groups is 1. The van der Waals surface area contributed by atoms with E-state index in [-0.39, 0.29) is 6.61 Å². The predicted molar refractivity (Wildman–Crippen MR) is 98.1 cm³/mol. The Morgan fingerprint density at radius 2 is 1.56 bits per heavy atom. The van der Waals surface area contributed by atoms with Crippen LogP contribution in [0, 0.1) is 0 Å². The number of amides is 3. The largest absolute Gasteiger partial charge is 0.490 e. The number of carbonyl (C=O) groups is 2. The second kappa shape index (κ2) is 12.2. The Hall–Kier alpha value is -1.15. The lowest BCUT2D eigenvalue weighted by atomic mass is 10.5. The fraction of sp³-hybridized carbons (Fsp3) is 0.857. The van der Waals surface area contributed by atoms with Gasteiger partial charge < -0.3 is 23.0 Å². The van der Waals surface area contributed by atoms with Crippen molar-refractivity contribution in [3.63, 3.8) is 0 Å². The van der Waals surface area contributed by atoms with Crippen LogP contribution in [-0.2, 0) is 17.7 Å². The summed E-state index contributed by atoms with van der Waals surface area (Å²) in [6.45, 7) is 13.3. The van der Waals surface area contributed by atoms with Gasteiger partial charge in [-0.15, -0.1) is 0 Å². The molecule has 9 nitrogen and oxygen atoms in total. The third kappa shape index (κ3) is 11.9. The molecule has 11 heteroatoms. The number of urea groups is 1. The number of hydrogen-bond donors (Lipinski definition) is 1. The molecule has 0 rings (SSSR count). The normalized spacial score (nSPS) is 12.4. The van der Waals surface area contributed by atoms with Crippen molar-refractivity contribution >= 4 is 29.2 Å². The Morgan fingerprint density at radius 1 is 0.960 bits per heavy atom. The molecular weight excluding hydrogens is 362 g/mol. The van der Waals surface area contributed by atoms with Crippen LogP contribution in [0.3, 0.4) is 0 Å². The minimum atomic E-state index is -2.77. The van der Waals surface area contributed by atoms with Gasteiger partial charge >= 0.3 is 20.9 Å². The molecule has 146 valence electrons. The van der Waals surface area contributed by atoms with E-state index < -0.39 is 29.2 Å². The van der Waals surface area contributed by atoms with Gasteiger partial charge in [0.15, 0.2) is 8.32 Å². The fourth-order valence-corrected chi connectivity index (χ4v) is 8.45. The summed E-state index contributed by atoms with van der Waals surface area (Å²) in [6, 6.07) is -0.104. The maximum Gasteiger partial charge on any atom is 0.490 e. The molecule has 0 saturated carbocycles. The average molecular weight is 394 g/mol. The highest BCUT2D eigenvalue weighted by Gasteiger charge is 2.43. The van der Waals surface area contributed by atoms with Crippen LogP contribution in [0.1, 0.15) is 27.2 Å². The van der Waals surface area contributed by atoms with Gasteiger partial charge in [0.2, 0.25) is 0 Å². The number of rotatable bonds is 11. The standard InChI is InChI=1S/C14H31N3O6Si2/c1-7-20-14(19)17-16-13(18)15-11-10-12-25(21-8-2,22-9-3)23-24(4,5)6/h7-12H2,1-6H3,(H,15,18). The van der Waals surface area contributed by atoms with Crippen LogP contribution in [-0.4, -0.2) is 55.6 Å². The summed E-state index contributed by atoms with van der Waals surface area (Å²) in [5, 5.41) is 8.93. The summed E-state index contributed by atoms with van der Waals surface area (Å²) < 4.78 is 22.5. The van der Waals surface area contributed by atoms with E-state index in [9.17, 15) is 9.59 Å². The Labute approximate surface area is 152 Å². The molecule has 0 radical (unpaired) electrons. The summed E-state index contributed by atoms with van der Waals surface area (Å²) in [7, 11) is -4.61. The quantitative estimate of drug-likeness (QED) is 0.327. The van der Waals surface area contributed by atoms with Crippen molar-refractivity contribution in [2.45, 2.75) is 52.9 Å². The maximum atomic E-state index is 11.5. The van der Waals surface area contributed by atoms with Gasteiger partial charge in [-0.05, 0) is 46.8 Å². The second-order valence-corrected chi connectivity index (χ2v) is 13.5. The van der Waals surface area contributed by atoms with Gasteiger partial charge in [0.1, 0.15) is 0 Å². The first kappa shape index (κ1) is 23.9. The number of hydrogen-bond acceptors (Lipinski definition) is 6. The van der Waals surface area contributed by atoms with Crippen LogP contribution >= 0.6 is 0 Å². The molecule has 0 bridgehead atoms. The molecular formula is C14H31N3O6Si2. The predicted octanol–water partition coefficient (Wildman–Crippen LogP) is 3.56. The van der Waals surface area contributed by atoms with E-state index in [0.717, 1.165) is 0 Å². The molecule has 0 aliphatic rings. The number of nitrogens with zero attached hydrogens (tertiary/aromatic N) is 2. The van der Waals surface area contributed by atoms with Crippen molar-refractivity contribution in [3.05, 3.63) is 0 Å². The zero-order chi connectivity index (χ0) is 19.3. The summed E-state index contributed by atoms with van der Waals surface area (Å²) in [5.74, 6) is 0. The highest BCUT2D eigenvalue weighted by molar-refractivity contribution is 6.80. The van der Waals surface area contributed by atoms with Gasteiger partial charge in [0, 0.05) is 25.8 Å². The average Bonchev–Trinajstić information content (AvgIpc) is 2.49. The first-order valence-corrected chi connectivity index (χ1v) is 13.9.